The second-order valence-electron chi connectivity index (χ2n) is 5.23. The lowest BCUT2D eigenvalue weighted by Crippen LogP contribution is -2.28. The van der Waals surface area contributed by atoms with E-state index in [1.54, 1.807) is 0 Å². The van der Waals surface area contributed by atoms with Gasteiger partial charge in [0.15, 0.2) is 0 Å². The number of Topliss-reactive ketones (excluding diaryl/α,β-unsaturated/α-hetero) is 1. The Morgan fingerprint density at radius 3 is 2.74 bits per heavy atom. The topological polar surface area (TPSA) is 29.1 Å². The molecule has 104 valence electrons. The Hall–Kier alpha value is -0.740. The zero-order valence-electron chi connectivity index (χ0n) is 10.9. The van der Waals surface area contributed by atoms with E-state index >= 15 is 0 Å². The molecule has 0 radical (unpaired) electrons. The van der Waals surface area contributed by atoms with Crippen LogP contribution in [0.2, 0.25) is 0 Å². The predicted octanol–water partition coefficient (Wildman–Crippen LogP) is 3.48. The summed E-state index contributed by atoms with van der Waals surface area (Å²) in [7, 11) is 0. The molecule has 0 amide bonds. The van der Waals surface area contributed by atoms with Crippen molar-refractivity contribution in [1.29, 1.82) is 0 Å². The van der Waals surface area contributed by atoms with Gasteiger partial charge in [-0.2, -0.15) is 0 Å². The van der Waals surface area contributed by atoms with Crippen LogP contribution >= 0.6 is 15.9 Å². The van der Waals surface area contributed by atoms with Crippen molar-refractivity contribution in [2.75, 3.05) is 13.1 Å². The smallest absolute Gasteiger partial charge is 0.137 e. The maximum absolute atomic E-state index is 13.2. The summed E-state index contributed by atoms with van der Waals surface area (Å²) >= 11 is 3.25. The molecule has 1 N–H and O–H groups in total. The van der Waals surface area contributed by atoms with Gasteiger partial charge in [0.1, 0.15) is 11.6 Å². The van der Waals surface area contributed by atoms with E-state index in [2.05, 4.69) is 21.2 Å². The van der Waals surface area contributed by atoms with Crippen LogP contribution in [0, 0.1) is 11.7 Å². The number of carbonyl (C=O) groups excluding carboxylic acids is 1. The molecule has 1 fully saturated rings. The van der Waals surface area contributed by atoms with Gasteiger partial charge in [-0.05, 0) is 62.0 Å². The zero-order chi connectivity index (χ0) is 13.7. The molecule has 0 spiro atoms. The Morgan fingerprint density at radius 1 is 1.32 bits per heavy atom. The highest BCUT2D eigenvalue weighted by atomic mass is 79.9. The van der Waals surface area contributed by atoms with E-state index in [1.807, 2.05) is 6.07 Å². The highest BCUT2D eigenvalue weighted by Gasteiger charge is 2.14. The fraction of sp³-hybridized carbons (Fsp3) is 0.533. The number of hydrogen-bond acceptors (Lipinski definition) is 2. The van der Waals surface area contributed by atoms with Gasteiger partial charge in [0.05, 0.1) is 0 Å². The van der Waals surface area contributed by atoms with Gasteiger partial charge < -0.3 is 5.32 Å². The van der Waals surface area contributed by atoms with Crippen LogP contribution in [-0.2, 0) is 11.2 Å². The van der Waals surface area contributed by atoms with Gasteiger partial charge in [-0.3, -0.25) is 4.79 Å². The molecule has 0 saturated carbocycles. The van der Waals surface area contributed by atoms with Gasteiger partial charge >= 0.3 is 0 Å². The molecular weight excluding hydrogens is 309 g/mol. The van der Waals surface area contributed by atoms with E-state index in [9.17, 15) is 9.18 Å². The van der Waals surface area contributed by atoms with E-state index in [4.69, 9.17) is 0 Å². The van der Waals surface area contributed by atoms with E-state index in [0.29, 0.717) is 23.2 Å². The van der Waals surface area contributed by atoms with Crippen LogP contribution in [-0.4, -0.2) is 18.9 Å². The summed E-state index contributed by atoms with van der Waals surface area (Å²) in [5, 5.41) is 3.32. The number of piperidine rings is 1. The third-order valence-corrected chi connectivity index (χ3v) is 4.07. The van der Waals surface area contributed by atoms with Crippen molar-refractivity contribution in [2.24, 2.45) is 5.92 Å². The zero-order valence-corrected chi connectivity index (χ0v) is 12.5. The molecule has 0 unspecified atom stereocenters. The molecule has 2 nitrogen and oxygen atoms in total. The fourth-order valence-electron chi connectivity index (χ4n) is 2.56. The van der Waals surface area contributed by atoms with Crippen molar-refractivity contribution in [3.05, 3.63) is 34.1 Å². The first-order valence-electron chi connectivity index (χ1n) is 6.81. The van der Waals surface area contributed by atoms with Gasteiger partial charge in [0.25, 0.3) is 0 Å². The SMILES string of the molecule is O=C(CCC1CCNCC1)Cc1cc(F)cc(Br)c1. The van der Waals surface area contributed by atoms with Crippen molar-refractivity contribution in [2.45, 2.75) is 32.1 Å². The van der Waals surface area contributed by atoms with Crippen molar-refractivity contribution in [1.82, 2.24) is 5.32 Å². The first kappa shape index (κ1) is 14.7. The number of rotatable bonds is 5. The standard InChI is InChI=1S/C15H19BrFNO/c16-13-7-12(8-14(17)10-13)9-15(19)2-1-11-3-5-18-6-4-11/h7-8,10-11,18H,1-6,9H2. The number of hydrogen-bond donors (Lipinski definition) is 1. The molecule has 4 heteroatoms. The molecule has 0 aliphatic carbocycles. The summed E-state index contributed by atoms with van der Waals surface area (Å²) in [6.45, 7) is 2.13. The number of benzene rings is 1. The van der Waals surface area contributed by atoms with Crippen molar-refractivity contribution >= 4 is 21.7 Å². The predicted molar refractivity (Wildman–Crippen MR) is 77.6 cm³/mol. The monoisotopic (exact) mass is 327 g/mol. The van der Waals surface area contributed by atoms with Gasteiger partial charge in [0, 0.05) is 17.3 Å². The first-order chi connectivity index (χ1) is 9.13. The summed E-state index contributed by atoms with van der Waals surface area (Å²) in [6.07, 6.45) is 4.24. The number of halogens is 2. The molecule has 0 bridgehead atoms. The molecule has 1 heterocycles. The lowest BCUT2D eigenvalue weighted by atomic mass is 9.91. The second kappa shape index (κ2) is 7.15. The van der Waals surface area contributed by atoms with Crippen LogP contribution in [0.3, 0.4) is 0 Å². The first-order valence-corrected chi connectivity index (χ1v) is 7.60. The van der Waals surface area contributed by atoms with E-state index in [-0.39, 0.29) is 11.6 Å². The molecule has 1 aromatic carbocycles. The quantitative estimate of drug-likeness (QED) is 0.897. The summed E-state index contributed by atoms with van der Waals surface area (Å²) in [5.74, 6) is 0.580. The molecular formula is C15H19BrFNO. The van der Waals surface area contributed by atoms with Crippen LogP contribution in [0.25, 0.3) is 0 Å². The number of carbonyl (C=O) groups is 1. The number of nitrogens with one attached hydrogen (secondary N) is 1. The second-order valence-corrected chi connectivity index (χ2v) is 6.14. The van der Waals surface area contributed by atoms with Crippen LogP contribution in [0.4, 0.5) is 4.39 Å². The Labute approximate surface area is 121 Å². The molecule has 1 aromatic rings. The van der Waals surface area contributed by atoms with Gasteiger partial charge in [0.2, 0.25) is 0 Å². The summed E-state index contributed by atoms with van der Waals surface area (Å²) in [5.41, 5.74) is 0.752. The van der Waals surface area contributed by atoms with E-state index < -0.39 is 0 Å². The summed E-state index contributed by atoms with van der Waals surface area (Å²) < 4.78 is 13.9. The lowest BCUT2D eigenvalue weighted by molar-refractivity contribution is -0.118. The normalized spacial score (nSPS) is 16.5. The Bertz CT molecular complexity index is 424. The molecule has 19 heavy (non-hydrogen) atoms. The lowest BCUT2D eigenvalue weighted by Gasteiger charge is -2.22. The minimum absolute atomic E-state index is 0.205. The Balaban J connectivity index is 1.80. The maximum Gasteiger partial charge on any atom is 0.137 e. The third kappa shape index (κ3) is 5.03. The summed E-state index contributed by atoms with van der Waals surface area (Å²) in [6, 6.07) is 4.65. The Morgan fingerprint density at radius 2 is 2.05 bits per heavy atom. The van der Waals surface area contributed by atoms with E-state index in [0.717, 1.165) is 25.1 Å². The molecule has 0 atom stereocenters. The third-order valence-electron chi connectivity index (χ3n) is 3.61. The van der Waals surface area contributed by atoms with Crippen LogP contribution in [0.1, 0.15) is 31.2 Å². The average molecular weight is 328 g/mol. The van der Waals surface area contributed by atoms with Crippen LogP contribution < -0.4 is 5.32 Å². The largest absolute Gasteiger partial charge is 0.317 e. The molecule has 0 aromatic heterocycles. The van der Waals surface area contributed by atoms with Crippen molar-refractivity contribution < 1.29 is 9.18 Å². The maximum atomic E-state index is 13.2. The van der Waals surface area contributed by atoms with Gasteiger partial charge in [-0.25, -0.2) is 4.39 Å². The van der Waals surface area contributed by atoms with Gasteiger partial charge in [-0.1, -0.05) is 15.9 Å². The number of ketones is 1. The highest BCUT2D eigenvalue weighted by Crippen LogP contribution is 2.20. The van der Waals surface area contributed by atoms with Crippen molar-refractivity contribution in [3.63, 3.8) is 0 Å². The van der Waals surface area contributed by atoms with Crippen LogP contribution in [0.15, 0.2) is 22.7 Å². The van der Waals surface area contributed by atoms with E-state index in [1.165, 1.54) is 25.0 Å². The molecule has 2 rings (SSSR count). The average Bonchev–Trinajstić information content (AvgIpc) is 2.36. The summed E-state index contributed by atoms with van der Waals surface area (Å²) in [4.78, 5) is 11.9. The Kier molecular flexibility index (Phi) is 5.52. The van der Waals surface area contributed by atoms with Gasteiger partial charge in [-0.15, -0.1) is 0 Å². The molecule has 1 aliphatic heterocycles. The minimum Gasteiger partial charge on any atom is -0.317 e. The molecule has 1 saturated heterocycles. The minimum atomic E-state index is -0.296. The fourth-order valence-corrected chi connectivity index (χ4v) is 3.08. The molecule has 1 aliphatic rings. The van der Waals surface area contributed by atoms with Crippen LogP contribution in [0.5, 0.6) is 0 Å². The highest BCUT2D eigenvalue weighted by molar-refractivity contribution is 9.10. The van der Waals surface area contributed by atoms with Crippen molar-refractivity contribution in [3.8, 4) is 0 Å².